The largest absolute Gasteiger partial charge is 0.508 e. The molecular weight excluding hydrogens is 442 g/mol. The third kappa shape index (κ3) is 5.67. The van der Waals surface area contributed by atoms with Gasteiger partial charge in [-0.3, -0.25) is 0 Å². The fraction of sp³-hybridized carbons (Fsp3) is 0.538. The number of aromatic hydroxyl groups is 1. The lowest BCUT2D eigenvalue weighted by Crippen LogP contribution is -2.54. The normalized spacial score (nSPS) is 13.2. The lowest BCUT2D eigenvalue weighted by molar-refractivity contribution is -0.288. The number of hydrogen-bond donors (Lipinski definition) is 1. The molecule has 184 valence electrons. The van der Waals surface area contributed by atoms with Gasteiger partial charge in [0.2, 0.25) is 5.41 Å². The summed E-state index contributed by atoms with van der Waals surface area (Å²) in [6.07, 6.45) is -9.57. The van der Waals surface area contributed by atoms with Gasteiger partial charge in [0, 0.05) is 0 Å². The van der Waals surface area contributed by atoms with Crippen LogP contribution in [-0.4, -0.2) is 17.5 Å². The van der Waals surface area contributed by atoms with Gasteiger partial charge in [-0.25, -0.2) is 0 Å². The van der Waals surface area contributed by atoms with E-state index in [1.807, 2.05) is 27.7 Å². The Kier molecular flexibility index (Phi) is 8.19. The van der Waals surface area contributed by atoms with Crippen LogP contribution in [0.3, 0.4) is 0 Å². The van der Waals surface area contributed by atoms with Crippen molar-refractivity contribution in [3.05, 3.63) is 64.2 Å². The number of halogens is 6. The molecule has 0 aliphatic heterocycles. The molecule has 33 heavy (non-hydrogen) atoms. The lowest BCUT2D eigenvalue weighted by Gasteiger charge is -2.39. The van der Waals surface area contributed by atoms with Gasteiger partial charge in [0.1, 0.15) is 5.75 Å². The minimum absolute atomic E-state index is 0.0752. The van der Waals surface area contributed by atoms with Crippen LogP contribution < -0.4 is 0 Å². The van der Waals surface area contributed by atoms with Gasteiger partial charge in [-0.2, -0.15) is 26.3 Å². The Morgan fingerprint density at radius 2 is 1.12 bits per heavy atom. The van der Waals surface area contributed by atoms with Crippen molar-refractivity contribution in [3.63, 3.8) is 0 Å². The molecular formula is C26H32F6O. The van der Waals surface area contributed by atoms with E-state index >= 15 is 0 Å². The minimum atomic E-state index is -5.65. The Hall–Kier alpha value is -2.18. The zero-order chi connectivity index (χ0) is 25.2. The molecule has 0 aromatic heterocycles. The first-order valence-corrected chi connectivity index (χ1v) is 11.2. The van der Waals surface area contributed by atoms with E-state index in [0.29, 0.717) is 30.4 Å². The van der Waals surface area contributed by atoms with Gasteiger partial charge in [0.05, 0.1) is 0 Å². The molecule has 0 saturated heterocycles. The summed E-state index contributed by atoms with van der Waals surface area (Å²) in [4.78, 5) is 0. The molecule has 2 aromatic carbocycles. The van der Waals surface area contributed by atoms with E-state index in [4.69, 9.17) is 0 Å². The molecule has 0 aliphatic carbocycles. The predicted molar refractivity (Wildman–Crippen MR) is 118 cm³/mol. The number of rotatable bonds is 8. The number of hydrogen-bond acceptors (Lipinski definition) is 1. The summed E-state index contributed by atoms with van der Waals surface area (Å²) in [7, 11) is 0. The quantitative estimate of drug-likeness (QED) is 0.382. The zero-order valence-electron chi connectivity index (χ0n) is 19.7. The topological polar surface area (TPSA) is 20.2 Å². The molecule has 1 N–H and O–H groups in total. The molecule has 1 nitrogen and oxygen atoms in total. The van der Waals surface area contributed by atoms with Crippen LogP contribution in [0.1, 0.15) is 68.4 Å². The van der Waals surface area contributed by atoms with Crippen molar-refractivity contribution in [1.82, 2.24) is 0 Å². The molecule has 0 amide bonds. The summed E-state index contributed by atoms with van der Waals surface area (Å²) in [6, 6.07) is 5.85. The third-order valence-corrected chi connectivity index (χ3v) is 6.13. The number of aryl methyl sites for hydroxylation is 3. The van der Waals surface area contributed by atoms with E-state index in [9.17, 15) is 31.4 Å². The van der Waals surface area contributed by atoms with E-state index in [1.54, 1.807) is 6.92 Å². The first-order valence-electron chi connectivity index (χ1n) is 11.2. The highest BCUT2D eigenvalue weighted by atomic mass is 19.4. The number of phenols is 1. The summed E-state index contributed by atoms with van der Waals surface area (Å²) in [5.74, 6) is 0.117. The number of phenolic OH excluding ortho intramolecular Hbond substituents is 1. The molecule has 0 saturated carbocycles. The van der Waals surface area contributed by atoms with E-state index in [1.165, 1.54) is 6.07 Å². The molecule has 0 spiro atoms. The summed E-state index contributed by atoms with van der Waals surface area (Å²) in [5, 5.41) is 10.1. The van der Waals surface area contributed by atoms with Crippen molar-refractivity contribution in [1.29, 1.82) is 0 Å². The second-order valence-electron chi connectivity index (χ2n) is 9.60. The van der Waals surface area contributed by atoms with Crippen LogP contribution in [0.25, 0.3) is 0 Å². The van der Waals surface area contributed by atoms with Gasteiger partial charge in [-0.05, 0) is 78.3 Å². The van der Waals surface area contributed by atoms with Crippen LogP contribution in [0.4, 0.5) is 26.3 Å². The number of benzene rings is 2. The predicted octanol–water partition coefficient (Wildman–Crippen LogP) is 8.29. The average Bonchev–Trinajstić information content (AvgIpc) is 2.66. The first kappa shape index (κ1) is 27.1. The Balaban J connectivity index is 2.81. The second kappa shape index (κ2) is 9.98. The molecule has 7 heteroatoms. The molecule has 0 heterocycles. The van der Waals surface area contributed by atoms with Crippen LogP contribution in [0.5, 0.6) is 5.75 Å². The van der Waals surface area contributed by atoms with Gasteiger partial charge in [-0.1, -0.05) is 58.0 Å². The minimum Gasteiger partial charge on any atom is -0.508 e. The van der Waals surface area contributed by atoms with Crippen molar-refractivity contribution in [2.75, 3.05) is 0 Å². The fourth-order valence-corrected chi connectivity index (χ4v) is 4.06. The Labute approximate surface area is 191 Å². The number of alkyl halides is 6. The smallest absolute Gasteiger partial charge is 0.411 e. The van der Waals surface area contributed by atoms with E-state index < -0.39 is 28.9 Å². The van der Waals surface area contributed by atoms with E-state index in [0.717, 1.165) is 30.3 Å². The van der Waals surface area contributed by atoms with Crippen molar-refractivity contribution in [3.8, 4) is 5.75 Å². The monoisotopic (exact) mass is 474 g/mol. The van der Waals surface area contributed by atoms with Gasteiger partial charge in [-0.15, -0.1) is 0 Å². The van der Waals surface area contributed by atoms with Crippen LogP contribution in [0.2, 0.25) is 0 Å². The summed E-state index contributed by atoms with van der Waals surface area (Å²) < 4.78 is 87.3. The lowest BCUT2D eigenvalue weighted by atomic mass is 9.71. The molecule has 0 radical (unpaired) electrons. The van der Waals surface area contributed by atoms with Gasteiger partial charge in [0.15, 0.2) is 0 Å². The van der Waals surface area contributed by atoms with Crippen LogP contribution in [0, 0.1) is 18.8 Å². The molecule has 0 bridgehead atoms. The van der Waals surface area contributed by atoms with Crippen LogP contribution >= 0.6 is 0 Å². The maximum absolute atomic E-state index is 14.6. The maximum atomic E-state index is 14.6. The molecule has 0 fully saturated rings. The van der Waals surface area contributed by atoms with Crippen molar-refractivity contribution in [2.45, 2.75) is 78.1 Å². The maximum Gasteiger partial charge on any atom is 0.411 e. The van der Waals surface area contributed by atoms with Gasteiger partial charge in [0.25, 0.3) is 0 Å². The Bertz CT molecular complexity index is 863. The van der Waals surface area contributed by atoms with Crippen LogP contribution in [-0.2, 0) is 18.3 Å². The highest BCUT2D eigenvalue weighted by Gasteiger charge is 2.72. The second-order valence-corrected chi connectivity index (χ2v) is 9.60. The van der Waals surface area contributed by atoms with Crippen LogP contribution in [0.15, 0.2) is 36.4 Å². The third-order valence-electron chi connectivity index (χ3n) is 6.13. The molecule has 0 atom stereocenters. The van der Waals surface area contributed by atoms with Crippen molar-refractivity contribution >= 4 is 0 Å². The summed E-state index contributed by atoms with van der Waals surface area (Å²) in [5.41, 5.74) is -4.80. The molecule has 0 aliphatic rings. The highest BCUT2D eigenvalue weighted by Crippen LogP contribution is 2.56. The summed E-state index contributed by atoms with van der Waals surface area (Å²) >= 11 is 0. The standard InChI is InChI=1S/C26H32F6O/c1-16(2)6-9-19-14-21(11-8-18(19)5)24(25(27,28)29,26(30,31)32)22-12-13-23(33)20(15-22)10-7-17(3)4/h8,11-17,33H,6-7,9-10H2,1-5H3. The average molecular weight is 475 g/mol. The molecule has 2 aromatic rings. The van der Waals surface area contributed by atoms with Crippen molar-refractivity contribution in [2.24, 2.45) is 11.8 Å². The first-order chi connectivity index (χ1) is 15.1. The fourth-order valence-electron chi connectivity index (χ4n) is 4.06. The SMILES string of the molecule is Cc1ccc(C(c2ccc(O)c(CCC(C)C)c2)(C(F)(F)F)C(F)(F)F)cc1CCC(C)C. The van der Waals surface area contributed by atoms with E-state index in [2.05, 4.69) is 0 Å². The zero-order valence-corrected chi connectivity index (χ0v) is 19.7. The van der Waals surface area contributed by atoms with Crippen molar-refractivity contribution < 1.29 is 31.4 Å². The Morgan fingerprint density at radius 3 is 1.58 bits per heavy atom. The molecule has 2 rings (SSSR count). The van der Waals surface area contributed by atoms with Gasteiger partial charge >= 0.3 is 12.4 Å². The summed E-state index contributed by atoms with van der Waals surface area (Å²) in [6.45, 7) is 9.37. The highest BCUT2D eigenvalue weighted by molar-refractivity contribution is 5.50. The van der Waals surface area contributed by atoms with Gasteiger partial charge < -0.3 is 5.11 Å². The molecule has 0 unspecified atom stereocenters. The Morgan fingerprint density at radius 1 is 0.697 bits per heavy atom. The van der Waals surface area contributed by atoms with E-state index in [-0.39, 0.29) is 29.6 Å².